The Labute approximate surface area is 186 Å². The number of amides is 2. The maximum absolute atomic E-state index is 12.6. The van der Waals surface area contributed by atoms with Crippen molar-refractivity contribution in [1.82, 2.24) is 19.8 Å². The number of nitrogens with zero attached hydrogens (tertiary/aromatic N) is 3. The van der Waals surface area contributed by atoms with E-state index in [0.717, 1.165) is 21.1 Å². The largest absolute Gasteiger partial charge is 0.482 e. The van der Waals surface area contributed by atoms with E-state index in [-0.39, 0.29) is 18.2 Å². The summed E-state index contributed by atoms with van der Waals surface area (Å²) in [5.74, 6) is 0.523. The predicted octanol–water partition coefficient (Wildman–Crippen LogP) is 3.92. The number of Topliss-reactive ketones (excluding diaryl/α,β-unsaturated/α-hetero) is 1. The molecule has 1 saturated heterocycles. The van der Waals surface area contributed by atoms with E-state index in [1.807, 2.05) is 23.9 Å². The van der Waals surface area contributed by atoms with Gasteiger partial charge >= 0.3 is 6.03 Å². The van der Waals surface area contributed by atoms with Crippen LogP contribution in [0, 0.1) is 0 Å². The van der Waals surface area contributed by atoms with Crippen LogP contribution in [0.15, 0.2) is 41.1 Å². The van der Waals surface area contributed by atoms with Gasteiger partial charge in [0.1, 0.15) is 11.4 Å². The van der Waals surface area contributed by atoms with Gasteiger partial charge in [-0.25, -0.2) is 9.78 Å². The lowest BCUT2D eigenvalue weighted by molar-refractivity contribution is -0.0596. The van der Waals surface area contributed by atoms with E-state index >= 15 is 0 Å². The number of hydrogen-bond acceptors (Lipinski definition) is 4. The highest BCUT2D eigenvalue weighted by atomic mass is 79.9. The fourth-order valence-electron chi connectivity index (χ4n) is 4.08. The Morgan fingerprint density at radius 1 is 1.37 bits per heavy atom. The van der Waals surface area contributed by atoms with Gasteiger partial charge in [0.25, 0.3) is 0 Å². The third-order valence-electron chi connectivity index (χ3n) is 5.56. The Balaban J connectivity index is 1.22. The van der Waals surface area contributed by atoms with Crippen LogP contribution < -0.4 is 10.1 Å². The number of hydrogen-bond donors (Lipinski definition) is 1. The highest BCUT2D eigenvalue weighted by Crippen LogP contribution is 2.39. The average Bonchev–Trinajstić information content (AvgIpc) is 2.98. The van der Waals surface area contributed by atoms with Gasteiger partial charge in [0, 0.05) is 40.9 Å². The molecule has 1 fully saturated rings. The smallest absolute Gasteiger partial charge is 0.317 e. The average molecular weight is 490 g/mol. The maximum Gasteiger partial charge on any atom is 0.317 e. The summed E-state index contributed by atoms with van der Waals surface area (Å²) in [5.41, 5.74) is 1.64. The number of halogens is 2. The van der Waals surface area contributed by atoms with Crippen molar-refractivity contribution >= 4 is 50.4 Å². The van der Waals surface area contributed by atoms with Gasteiger partial charge in [-0.2, -0.15) is 0 Å². The molecule has 0 unspecified atom stereocenters. The summed E-state index contributed by atoms with van der Waals surface area (Å²) in [5, 5.41) is 4.42. The highest BCUT2D eigenvalue weighted by Gasteiger charge is 2.51. The number of ketones is 1. The molecule has 0 radical (unpaired) electrons. The first-order valence-electron chi connectivity index (χ1n) is 9.48. The van der Waals surface area contributed by atoms with Crippen molar-refractivity contribution in [3.8, 4) is 5.75 Å². The van der Waals surface area contributed by atoms with Crippen LogP contribution in [0.2, 0.25) is 5.02 Å². The molecule has 1 N–H and O–H groups in total. The minimum Gasteiger partial charge on any atom is -0.482 e. The number of fused-ring (bicyclic) bond motifs is 2. The summed E-state index contributed by atoms with van der Waals surface area (Å²) < 4.78 is 8.98. The molecular formula is C21H18BrClN4O3. The molecule has 0 bridgehead atoms. The Bertz CT molecular complexity index is 1200. The van der Waals surface area contributed by atoms with E-state index in [0.29, 0.717) is 36.0 Å². The molecule has 0 aliphatic carbocycles. The molecule has 1 aromatic carbocycles. The number of aromatic nitrogens is 2. The normalized spacial score (nSPS) is 16.9. The number of rotatable bonds is 2. The third kappa shape index (κ3) is 3.24. The summed E-state index contributed by atoms with van der Waals surface area (Å²) in [6.45, 7) is 1.11. The van der Waals surface area contributed by atoms with Crippen molar-refractivity contribution in [3.63, 3.8) is 0 Å². The molecule has 4 heterocycles. The fourth-order valence-corrected chi connectivity index (χ4v) is 4.85. The lowest BCUT2D eigenvalue weighted by Gasteiger charge is -2.50. The molecule has 7 nitrogen and oxygen atoms in total. The number of pyridine rings is 1. The molecule has 30 heavy (non-hydrogen) atoms. The Morgan fingerprint density at radius 2 is 2.17 bits per heavy atom. The zero-order valence-electron chi connectivity index (χ0n) is 16.1. The second-order valence-electron chi connectivity index (χ2n) is 7.84. The zero-order valence-corrected chi connectivity index (χ0v) is 18.5. The van der Waals surface area contributed by atoms with Crippen molar-refractivity contribution in [1.29, 1.82) is 0 Å². The summed E-state index contributed by atoms with van der Waals surface area (Å²) in [7, 11) is 1.94. The molecule has 2 aromatic heterocycles. The monoisotopic (exact) mass is 488 g/mol. The van der Waals surface area contributed by atoms with E-state index in [2.05, 4.69) is 26.2 Å². The Hall–Kier alpha value is -2.58. The molecule has 2 aliphatic rings. The lowest BCUT2D eigenvalue weighted by Crippen LogP contribution is -2.69. The Kier molecular flexibility index (Phi) is 4.52. The van der Waals surface area contributed by atoms with Gasteiger partial charge < -0.3 is 19.5 Å². The first-order valence-corrected chi connectivity index (χ1v) is 10.6. The second kappa shape index (κ2) is 6.99. The van der Waals surface area contributed by atoms with Crippen molar-refractivity contribution in [2.75, 3.05) is 13.1 Å². The highest BCUT2D eigenvalue weighted by molar-refractivity contribution is 9.10. The van der Waals surface area contributed by atoms with Crippen LogP contribution in [0.3, 0.4) is 0 Å². The molecule has 0 atom stereocenters. The van der Waals surface area contributed by atoms with Crippen molar-refractivity contribution in [3.05, 3.63) is 57.3 Å². The molecule has 3 aromatic rings. The van der Waals surface area contributed by atoms with Crippen molar-refractivity contribution < 1.29 is 14.3 Å². The topological polar surface area (TPSA) is 76.5 Å². The Morgan fingerprint density at radius 3 is 2.97 bits per heavy atom. The van der Waals surface area contributed by atoms with E-state index in [9.17, 15) is 9.59 Å². The van der Waals surface area contributed by atoms with Crippen LogP contribution in [-0.2, 0) is 13.6 Å². The third-order valence-corrected chi connectivity index (χ3v) is 6.43. The standard InChI is InChI=1S/C21H18BrClN4O3/c1-26-9-16(22)14-4-12(7-24-19(14)26)8-25-20(29)27-10-21(11-27)6-17(28)15-5-13(23)2-3-18(15)30-21/h2-5,7,9H,6,8,10-11H2,1H3,(H,25,29). The van der Waals surface area contributed by atoms with Crippen LogP contribution >= 0.6 is 27.5 Å². The number of carbonyl (C=O) groups is 2. The van der Waals surface area contributed by atoms with Gasteiger partial charge in [-0.1, -0.05) is 11.6 Å². The van der Waals surface area contributed by atoms with Crippen LogP contribution in [-0.4, -0.2) is 45.0 Å². The number of nitrogens with one attached hydrogen (secondary N) is 1. The number of likely N-dealkylation sites (tertiary alicyclic amines) is 1. The molecule has 2 aliphatic heterocycles. The van der Waals surface area contributed by atoms with Crippen LogP contribution in [0.25, 0.3) is 11.0 Å². The van der Waals surface area contributed by atoms with E-state index in [1.165, 1.54) is 0 Å². The van der Waals surface area contributed by atoms with Gasteiger partial charge in [0.15, 0.2) is 11.4 Å². The molecule has 0 saturated carbocycles. The molecule has 1 spiro atoms. The summed E-state index contributed by atoms with van der Waals surface area (Å²) in [6, 6.07) is 6.86. The first-order chi connectivity index (χ1) is 14.3. The lowest BCUT2D eigenvalue weighted by atomic mass is 9.84. The van der Waals surface area contributed by atoms with Crippen LogP contribution in [0.1, 0.15) is 22.3 Å². The van der Waals surface area contributed by atoms with Gasteiger partial charge in [-0.15, -0.1) is 0 Å². The summed E-state index contributed by atoms with van der Waals surface area (Å²) >= 11 is 9.51. The molecule has 5 rings (SSSR count). The number of aryl methyl sites for hydroxylation is 1. The van der Waals surface area contributed by atoms with Crippen LogP contribution in [0.5, 0.6) is 5.75 Å². The van der Waals surface area contributed by atoms with Gasteiger partial charge in [-0.3, -0.25) is 4.79 Å². The minimum absolute atomic E-state index is 0.00776. The predicted molar refractivity (Wildman–Crippen MR) is 116 cm³/mol. The number of benzene rings is 1. The van der Waals surface area contributed by atoms with Gasteiger partial charge in [0.05, 0.1) is 25.1 Å². The van der Waals surface area contributed by atoms with E-state index in [4.69, 9.17) is 16.3 Å². The van der Waals surface area contributed by atoms with Crippen molar-refractivity contribution in [2.45, 2.75) is 18.6 Å². The van der Waals surface area contributed by atoms with E-state index < -0.39 is 5.60 Å². The van der Waals surface area contributed by atoms with Crippen LogP contribution in [0.4, 0.5) is 4.79 Å². The molecule has 9 heteroatoms. The van der Waals surface area contributed by atoms with Gasteiger partial charge in [0.2, 0.25) is 0 Å². The maximum atomic E-state index is 12.6. The number of urea groups is 1. The number of carbonyl (C=O) groups excluding carboxylic acids is 2. The second-order valence-corrected chi connectivity index (χ2v) is 9.13. The molecular weight excluding hydrogens is 472 g/mol. The summed E-state index contributed by atoms with van der Waals surface area (Å²) in [6.07, 6.45) is 3.96. The summed E-state index contributed by atoms with van der Waals surface area (Å²) in [4.78, 5) is 31.2. The van der Waals surface area contributed by atoms with Gasteiger partial charge in [-0.05, 0) is 45.8 Å². The zero-order chi connectivity index (χ0) is 21.0. The molecule has 2 amide bonds. The fraction of sp³-hybridized carbons (Fsp3) is 0.286. The van der Waals surface area contributed by atoms with Crippen molar-refractivity contribution in [2.24, 2.45) is 7.05 Å². The first kappa shape index (κ1) is 19.4. The SMILES string of the molecule is Cn1cc(Br)c2cc(CNC(=O)N3CC4(CC(=O)c5cc(Cl)ccc5O4)C3)cnc21. The quantitative estimate of drug-likeness (QED) is 0.592. The minimum atomic E-state index is -0.648. The molecule has 154 valence electrons. The number of ether oxygens (including phenoxy) is 1. The van der Waals surface area contributed by atoms with E-state index in [1.54, 1.807) is 29.3 Å².